The van der Waals surface area contributed by atoms with Gasteiger partial charge in [-0.1, -0.05) is 56.3 Å². The SMILES string of the molecule is CC(C)CC(C(=O)O)N(CCc1c2ccccc2cn1-c1ccccc1)C(=O)O. The summed E-state index contributed by atoms with van der Waals surface area (Å²) in [4.78, 5) is 24.6. The minimum absolute atomic E-state index is 0.0759. The summed E-state index contributed by atoms with van der Waals surface area (Å²) >= 11 is 0. The van der Waals surface area contributed by atoms with Crippen LogP contribution in [0.2, 0.25) is 0 Å². The maximum absolute atomic E-state index is 11.9. The number of amides is 1. The van der Waals surface area contributed by atoms with E-state index in [4.69, 9.17) is 0 Å². The number of benzene rings is 2. The number of carboxylic acid groups (broad SMARTS) is 2. The van der Waals surface area contributed by atoms with Crippen molar-refractivity contribution in [2.75, 3.05) is 6.54 Å². The van der Waals surface area contributed by atoms with Crippen LogP contribution in [0.15, 0.2) is 60.8 Å². The smallest absolute Gasteiger partial charge is 0.408 e. The summed E-state index contributed by atoms with van der Waals surface area (Å²) in [5, 5.41) is 21.4. The minimum Gasteiger partial charge on any atom is -0.480 e. The molecule has 1 heterocycles. The Hall–Kier alpha value is -3.28. The highest BCUT2D eigenvalue weighted by molar-refractivity contribution is 5.86. The van der Waals surface area contributed by atoms with Crippen LogP contribution in [0.4, 0.5) is 4.79 Å². The van der Waals surface area contributed by atoms with Crippen LogP contribution in [0.25, 0.3) is 16.5 Å². The molecule has 1 aromatic heterocycles. The monoisotopic (exact) mass is 394 g/mol. The molecule has 3 rings (SSSR count). The topological polar surface area (TPSA) is 82.8 Å². The molecule has 6 heteroatoms. The number of hydrogen-bond donors (Lipinski definition) is 2. The first-order valence-corrected chi connectivity index (χ1v) is 9.75. The van der Waals surface area contributed by atoms with Gasteiger partial charge in [0.2, 0.25) is 0 Å². The van der Waals surface area contributed by atoms with Crippen molar-refractivity contribution in [1.29, 1.82) is 0 Å². The lowest BCUT2D eigenvalue weighted by Crippen LogP contribution is -2.46. The lowest BCUT2D eigenvalue weighted by Gasteiger charge is -2.27. The summed E-state index contributed by atoms with van der Waals surface area (Å²) in [6.07, 6.45) is 1.52. The van der Waals surface area contributed by atoms with E-state index >= 15 is 0 Å². The summed E-state index contributed by atoms with van der Waals surface area (Å²) in [7, 11) is 0. The average molecular weight is 394 g/mol. The normalized spacial score (nSPS) is 12.2. The van der Waals surface area contributed by atoms with E-state index in [9.17, 15) is 19.8 Å². The zero-order valence-electron chi connectivity index (χ0n) is 16.7. The number of hydrogen-bond acceptors (Lipinski definition) is 2. The molecule has 0 aliphatic heterocycles. The fourth-order valence-corrected chi connectivity index (χ4v) is 3.71. The highest BCUT2D eigenvalue weighted by atomic mass is 16.4. The van der Waals surface area contributed by atoms with Gasteiger partial charge in [0.1, 0.15) is 6.04 Å². The summed E-state index contributed by atoms with van der Waals surface area (Å²) in [5.74, 6) is -1.03. The predicted molar refractivity (Wildman–Crippen MR) is 113 cm³/mol. The van der Waals surface area contributed by atoms with Gasteiger partial charge in [-0.3, -0.25) is 4.90 Å². The Morgan fingerprint density at radius 2 is 1.66 bits per heavy atom. The first-order valence-electron chi connectivity index (χ1n) is 9.75. The van der Waals surface area contributed by atoms with Crippen LogP contribution in [0.5, 0.6) is 0 Å². The molecule has 6 nitrogen and oxygen atoms in total. The quantitative estimate of drug-likeness (QED) is 0.582. The molecule has 0 fully saturated rings. The minimum atomic E-state index is -1.21. The molecule has 0 saturated carbocycles. The van der Waals surface area contributed by atoms with Gasteiger partial charge < -0.3 is 14.8 Å². The first kappa shape index (κ1) is 20.5. The second-order valence-corrected chi connectivity index (χ2v) is 7.58. The standard InChI is InChI=1S/C23H26N2O4/c1-16(2)14-21(22(26)27)24(23(28)29)13-12-20-19-11-7-6-8-17(19)15-25(20)18-9-4-3-5-10-18/h3-11,15-16,21H,12-14H2,1-2H3,(H,26,27)(H,28,29). The number of aliphatic carboxylic acids is 1. The lowest BCUT2D eigenvalue weighted by molar-refractivity contribution is -0.143. The molecule has 29 heavy (non-hydrogen) atoms. The highest BCUT2D eigenvalue weighted by Gasteiger charge is 2.30. The zero-order chi connectivity index (χ0) is 21.0. The molecular formula is C23H26N2O4. The Bertz CT molecular complexity index is 995. The zero-order valence-corrected chi connectivity index (χ0v) is 16.7. The van der Waals surface area contributed by atoms with Crippen molar-refractivity contribution in [3.63, 3.8) is 0 Å². The fraction of sp³-hybridized carbons (Fsp3) is 0.304. The molecule has 1 unspecified atom stereocenters. The molecule has 0 radical (unpaired) electrons. The number of nitrogens with zero attached hydrogens (tertiary/aromatic N) is 2. The molecule has 0 aliphatic carbocycles. The van der Waals surface area contributed by atoms with Crippen LogP contribution >= 0.6 is 0 Å². The van der Waals surface area contributed by atoms with E-state index in [0.717, 1.165) is 27.1 Å². The van der Waals surface area contributed by atoms with Gasteiger partial charge in [-0.2, -0.15) is 0 Å². The molecular weight excluding hydrogens is 368 g/mol. The van der Waals surface area contributed by atoms with Crippen molar-refractivity contribution >= 4 is 22.8 Å². The molecule has 0 aliphatic rings. The maximum Gasteiger partial charge on any atom is 0.408 e. The Kier molecular flexibility index (Phi) is 6.22. The summed E-state index contributed by atoms with van der Waals surface area (Å²) in [6.45, 7) is 3.90. The van der Waals surface area contributed by atoms with Crippen LogP contribution in [-0.2, 0) is 11.2 Å². The van der Waals surface area contributed by atoms with Crippen molar-refractivity contribution in [1.82, 2.24) is 9.47 Å². The number of fused-ring (bicyclic) bond motifs is 1. The summed E-state index contributed by atoms with van der Waals surface area (Å²) in [6, 6.07) is 16.7. The van der Waals surface area contributed by atoms with Crippen molar-refractivity contribution in [2.24, 2.45) is 5.92 Å². The van der Waals surface area contributed by atoms with Gasteiger partial charge in [0, 0.05) is 41.3 Å². The Morgan fingerprint density at radius 1 is 1.00 bits per heavy atom. The maximum atomic E-state index is 11.9. The van der Waals surface area contributed by atoms with Gasteiger partial charge in [-0.25, -0.2) is 9.59 Å². The first-order chi connectivity index (χ1) is 13.9. The van der Waals surface area contributed by atoms with Crippen molar-refractivity contribution < 1.29 is 19.8 Å². The predicted octanol–water partition coefficient (Wildman–Crippen LogP) is 4.65. The average Bonchev–Trinajstić information content (AvgIpc) is 3.06. The second-order valence-electron chi connectivity index (χ2n) is 7.58. The van der Waals surface area contributed by atoms with Crippen molar-refractivity contribution in [3.05, 3.63) is 66.5 Å². The number of para-hydroxylation sites is 1. The molecule has 2 aromatic carbocycles. The molecule has 0 spiro atoms. The van der Waals surface area contributed by atoms with E-state index in [1.165, 1.54) is 0 Å². The van der Waals surface area contributed by atoms with Gasteiger partial charge in [-0.05, 0) is 24.5 Å². The van der Waals surface area contributed by atoms with Gasteiger partial charge in [0.15, 0.2) is 0 Å². The third kappa shape index (κ3) is 4.59. The fourth-order valence-electron chi connectivity index (χ4n) is 3.71. The van der Waals surface area contributed by atoms with Crippen molar-refractivity contribution in [3.8, 4) is 5.69 Å². The molecule has 2 N–H and O–H groups in total. The van der Waals surface area contributed by atoms with Crippen LogP contribution in [0.1, 0.15) is 26.0 Å². The summed E-state index contributed by atoms with van der Waals surface area (Å²) < 4.78 is 2.06. The molecule has 1 amide bonds. The van der Waals surface area contributed by atoms with Gasteiger partial charge in [0.05, 0.1) is 0 Å². The third-order valence-corrected chi connectivity index (χ3v) is 5.06. The number of carboxylic acids is 1. The van der Waals surface area contributed by atoms with E-state index in [1.807, 2.05) is 74.6 Å². The van der Waals surface area contributed by atoms with Crippen molar-refractivity contribution in [2.45, 2.75) is 32.7 Å². The molecule has 152 valence electrons. The number of rotatable bonds is 8. The third-order valence-electron chi connectivity index (χ3n) is 5.06. The Labute approximate surface area is 170 Å². The van der Waals surface area contributed by atoms with Crippen LogP contribution in [0.3, 0.4) is 0 Å². The second kappa shape index (κ2) is 8.82. The molecule has 1 atom stereocenters. The summed E-state index contributed by atoms with van der Waals surface area (Å²) in [5.41, 5.74) is 1.95. The van der Waals surface area contributed by atoms with Gasteiger partial charge in [0.25, 0.3) is 0 Å². The molecule has 0 bridgehead atoms. The largest absolute Gasteiger partial charge is 0.480 e. The lowest BCUT2D eigenvalue weighted by atomic mass is 10.0. The van der Waals surface area contributed by atoms with E-state index in [2.05, 4.69) is 4.57 Å². The Balaban J connectivity index is 1.96. The van der Waals surface area contributed by atoms with E-state index in [0.29, 0.717) is 6.42 Å². The Morgan fingerprint density at radius 3 is 2.28 bits per heavy atom. The highest BCUT2D eigenvalue weighted by Crippen LogP contribution is 2.26. The molecule has 3 aromatic rings. The van der Waals surface area contributed by atoms with E-state index < -0.39 is 18.1 Å². The number of aromatic nitrogens is 1. The van der Waals surface area contributed by atoms with E-state index in [1.54, 1.807) is 0 Å². The van der Waals surface area contributed by atoms with Gasteiger partial charge >= 0.3 is 12.1 Å². The molecule has 0 saturated heterocycles. The van der Waals surface area contributed by atoms with Crippen LogP contribution in [0, 0.1) is 5.92 Å². The van der Waals surface area contributed by atoms with Gasteiger partial charge in [-0.15, -0.1) is 0 Å². The van der Waals surface area contributed by atoms with Crippen LogP contribution in [-0.4, -0.2) is 44.3 Å². The number of carbonyl (C=O) groups is 2. The van der Waals surface area contributed by atoms with Crippen LogP contribution < -0.4 is 0 Å². The van der Waals surface area contributed by atoms with E-state index in [-0.39, 0.29) is 18.9 Å².